The fourth-order valence-corrected chi connectivity index (χ4v) is 3.08. The number of rotatable bonds is 4. The minimum atomic E-state index is -0.350. The fourth-order valence-electron chi connectivity index (χ4n) is 2.87. The highest BCUT2D eigenvalue weighted by atomic mass is 35.5. The van der Waals surface area contributed by atoms with E-state index in [4.69, 9.17) is 11.6 Å². The lowest BCUT2D eigenvalue weighted by atomic mass is 9.85. The van der Waals surface area contributed by atoms with Crippen molar-refractivity contribution in [2.45, 2.75) is 58.2 Å². The molecule has 1 heterocycles. The molecule has 1 saturated heterocycles. The lowest BCUT2D eigenvalue weighted by Crippen LogP contribution is -2.67. The van der Waals surface area contributed by atoms with Gasteiger partial charge in [0.2, 0.25) is 0 Å². The van der Waals surface area contributed by atoms with Gasteiger partial charge in [0.25, 0.3) is 0 Å². The number of hydrogen-bond donors (Lipinski definition) is 1. The average molecular weight is 313 g/mol. The summed E-state index contributed by atoms with van der Waals surface area (Å²) < 4.78 is 13.3. The van der Waals surface area contributed by atoms with E-state index in [2.05, 4.69) is 37.9 Å². The Morgan fingerprint density at radius 3 is 2.57 bits per heavy atom. The second-order valence-corrected chi connectivity index (χ2v) is 7.13. The molecule has 1 N–H and O–H groups in total. The van der Waals surface area contributed by atoms with Gasteiger partial charge in [0, 0.05) is 30.7 Å². The predicted octanol–water partition coefficient (Wildman–Crippen LogP) is 4.22. The van der Waals surface area contributed by atoms with E-state index in [0.717, 1.165) is 38.0 Å². The summed E-state index contributed by atoms with van der Waals surface area (Å²) >= 11 is 5.91. The number of nitrogens with zero attached hydrogens (tertiary/aromatic N) is 1. The van der Waals surface area contributed by atoms with Crippen LogP contribution in [0.3, 0.4) is 0 Å². The minimum Gasteiger partial charge on any atom is -0.308 e. The molecule has 2 rings (SSSR count). The Morgan fingerprint density at radius 2 is 2.00 bits per heavy atom. The molecule has 2 unspecified atom stereocenters. The van der Waals surface area contributed by atoms with E-state index in [1.807, 2.05) is 6.07 Å². The summed E-state index contributed by atoms with van der Waals surface area (Å²) in [6.07, 6.45) is 2.17. The lowest BCUT2D eigenvalue weighted by Gasteiger charge is -2.52. The minimum absolute atomic E-state index is 0.121. The Balaban J connectivity index is 2.22. The maximum atomic E-state index is 13.3. The molecular formula is C17H26ClFN2. The van der Waals surface area contributed by atoms with Crippen molar-refractivity contribution in [3.63, 3.8) is 0 Å². The van der Waals surface area contributed by atoms with Crippen molar-refractivity contribution in [1.82, 2.24) is 10.2 Å². The Labute approximate surface area is 132 Å². The average Bonchev–Trinajstić information content (AvgIpc) is 2.47. The number of hydrogen-bond acceptors (Lipinski definition) is 2. The van der Waals surface area contributed by atoms with Gasteiger partial charge in [-0.15, -0.1) is 0 Å². The van der Waals surface area contributed by atoms with Crippen LogP contribution in [0, 0.1) is 5.82 Å². The van der Waals surface area contributed by atoms with Crippen LogP contribution in [-0.4, -0.2) is 29.1 Å². The maximum absolute atomic E-state index is 13.3. The van der Waals surface area contributed by atoms with Gasteiger partial charge in [0.05, 0.1) is 5.02 Å². The molecule has 0 radical (unpaired) electrons. The molecule has 1 aliphatic heterocycles. The molecule has 4 heteroatoms. The standard InChI is InChI=1S/C17H26ClFN2/c1-5-16(3)12-21(17(4,6-2)11-20-16)10-13-7-8-15(19)14(18)9-13/h7-9,20H,5-6,10-12H2,1-4H3. The van der Waals surface area contributed by atoms with Crippen LogP contribution in [0.4, 0.5) is 4.39 Å². The first-order valence-electron chi connectivity index (χ1n) is 7.76. The SMILES string of the molecule is CCC1(C)CN(Cc2ccc(F)c(Cl)c2)C(C)(CC)CN1. The van der Waals surface area contributed by atoms with Crippen molar-refractivity contribution in [3.05, 3.63) is 34.6 Å². The summed E-state index contributed by atoms with van der Waals surface area (Å²) in [7, 11) is 0. The molecule has 1 aromatic rings. The first-order chi connectivity index (χ1) is 9.82. The molecule has 118 valence electrons. The van der Waals surface area contributed by atoms with Crippen molar-refractivity contribution in [1.29, 1.82) is 0 Å². The van der Waals surface area contributed by atoms with E-state index in [1.54, 1.807) is 6.07 Å². The van der Waals surface area contributed by atoms with Crippen LogP contribution < -0.4 is 5.32 Å². The van der Waals surface area contributed by atoms with Gasteiger partial charge in [-0.2, -0.15) is 0 Å². The molecule has 1 aliphatic rings. The zero-order chi connectivity index (χ0) is 15.7. The van der Waals surface area contributed by atoms with Crippen LogP contribution in [0.2, 0.25) is 5.02 Å². The van der Waals surface area contributed by atoms with Crippen LogP contribution in [0.25, 0.3) is 0 Å². The summed E-state index contributed by atoms with van der Waals surface area (Å²) in [5, 5.41) is 3.90. The summed E-state index contributed by atoms with van der Waals surface area (Å²) in [4.78, 5) is 2.51. The molecule has 0 saturated carbocycles. The number of benzene rings is 1. The van der Waals surface area contributed by atoms with Crippen molar-refractivity contribution in [2.24, 2.45) is 0 Å². The Hall–Kier alpha value is -0.640. The Morgan fingerprint density at radius 1 is 1.29 bits per heavy atom. The van der Waals surface area contributed by atoms with Crippen molar-refractivity contribution >= 4 is 11.6 Å². The monoisotopic (exact) mass is 312 g/mol. The van der Waals surface area contributed by atoms with Crippen LogP contribution in [0.5, 0.6) is 0 Å². The first kappa shape index (κ1) is 16.7. The molecule has 1 aromatic carbocycles. The third kappa shape index (κ3) is 3.58. The quantitative estimate of drug-likeness (QED) is 0.895. The lowest BCUT2D eigenvalue weighted by molar-refractivity contribution is 0.0104. The van der Waals surface area contributed by atoms with Gasteiger partial charge in [-0.1, -0.05) is 31.5 Å². The molecule has 0 amide bonds. The van der Waals surface area contributed by atoms with E-state index in [0.29, 0.717) is 0 Å². The predicted molar refractivity (Wildman–Crippen MR) is 87.2 cm³/mol. The van der Waals surface area contributed by atoms with Crippen LogP contribution in [-0.2, 0) is 6.54 Å². The fraction of sp³-hybridized carbons (Fsp3) is 0.647. The van der Waals surface area contributed by atoms with E-state index < -0.39 is 0 Å². The van der Waals surface area contributed by atoms with Crippen LogP contribution in [0.1, 0.15) is 46.1 Å². The van der Waals surface area contributed by atoms with Crippen molar-refractivity contribution in [3.8, 4) is 0 Å². The number of nitrogens with one attached hydrogen (secondary N) is 1. The highest BCUT2D eigenvalue weighted by molar-refractivity contribution is 6.30. The molecule has 0 aromatic heterocycles. The maximum Gasteiger partial charge on any atom is 0.141 e. The summed E-state index contributed by atoms with van der Waals surface area (Å²) in [5.74, 6) is -0.350. The zero-order valence-corrected chi connectivity index (χ0v) is 14.2. The number of halogens is 2. The van der Waals surface area contributed by atoms with E-state index in [-0.39, 0.29) is 21.9 Å². The molecule has 1 fully saturated rings. The first-order valence-corrected chi connectivity index (χ1v) is 8.14. The topological polar surface area (TPSA) is 15.3 Å². The van der Waals surface area contributed by atoms with Gasteiger partial charge >= 0.3 is 0 Å². The molecule has 0 bridgehead atoms. The summed E-state index contributed by atoms with van der Waals surface area (Å²) in [5.41, 5.74) is 1.33. The van der Waals surface area contributed by atoms with Gasteiger partial charge < -0.3 is 5.32 Å². The van der Waals surface area contributed by atoms with Crippen LogP contribution in [0.15, 0.2) is 18.2 Å². The van der Waals surface area contributed by atoms with Gasteiger partial charge in [-0.25, -0.2) is 4.39 Å². The Kier molecular flexibility index (Phi) is 4.96. The molecule has 2 atom stereocenters. The summed E-state index contributed by atoms with van der Waals surface area (Å²) in [6, 6.07) is 5.04. The largest absolute Gasteiger partial charge is 0.308 e. The van der Waals surface area contributed by atoms with Gasteiger partial charge in [0.1, 0.15) is 5.82 Å². The smallest absolute Gasteiger partial charge is 0.141 e. The van der Waals surface area contributed by atoms with Crippen LogP contribution >= 0.6 is 11.6 Å². The highest BCUT2D eigenvalue weighted by Crippen LogP contribution is 2.30. The number of piperazine rings is 1. The van der Waals surface area contributed by atoms with Gasteiger partial charge in [-0.05, 0) is 44.4 Å². The molecule has 0 spiro atoms. The summed E-state index contributed by atoms with van der Waals surface area (Å²) in [6.45, 7) is 11.8. The van der Waals surface area contributed by atoms with Crippen molar-refractivity contribution < 1.29 is 4.39 Å². The third-order valence-electron chi connectivity index (χ3n) is 5.10. The second-order valence-electron chi connectivity index (χ2n) is 6.72. The van der Waals surface area contributed by atoms with E-state index >= 15 is 0 Å². The van der Waals surface area contributed by atoms with Gasteiger partial charge in [-0.3, -0.25) is 4.90 Å². The highest BCUT2D eigenvalue weighted by Gasteiger charge is 2.40. The molecule has 21 heavy (non-hydrogen) atoms. The molecule has 0 aliphatic carbocycles. The molecule has 2 nitrogen and oxygen atoms in total. The van der Waals surface area contributed by atoms with E-state index in [1.165, 1.54) is 6.07 Å². The van der Waals surface area contributed by atoms with E-state index in [9.17, 15) is 4.39 Å². The second kappa shape index (κ2) is 6.23. The molecular weight excluding hydrogens is 287 g/mol. The third-order valence-corrected chi connectivity index (χ3v) is 5.39. The van der Waals surface area contributed by atoms with Crippen molar-refractivity contribution in [2.75, 3.05) is 13.1 Å². The zero-order valence-electron chi connectivity index (χ0n) is 13.5. The van der Waals surface area contributed by atoms with Gasteiger partial charge in [0.15, 0.2) is 0 Å². The Bertz CT molecular complexity index is 508. The normalized spacial score (nSPS) is 30.6.